The van der Waals surface area contributed by atoms with Gasteiger partial charge in [-0.25, -0.2) is 4.39 Å². The number of rotatable bonds is 6. The van der Waals surface area contributed by atoms with Crippen molar-refractivity contribution in [3.8, 4) is 0 Å². The Bertz CT molecular complexity index is 909. The summed E-state index contributed by atoms with van der Waals surface area (Å²) in [5.74, 6) is 0.185. The molecule has 1 aromatic carbocycles. The van der Waals surface area contributed by atoms with Crippen LogP contribution in [0.1, 0.15) is 24.0 Å². The first-order valence-corrected chi connectivity index (χ1v) is 10.2. The summed E-state index contributed by atoms with van der Waals surface area (Å²) in [7, 11) is 0. The van der Waals surface area contributed by atoms with Crippen LogP contribution in [0.15, 0.2) is 40.8 Å². The van der Waals surface area contributed by atoms with Crippen LogP contribution in [0.3, 0.4) is 0 Å². The molecule has 1 aromatic heterocycles. The lowest BCUT2D eigenvalue weighted by Gasteiger charge is -2.33. The molecule has 2 aliphatic heterocycles. The first-order valence-electron chi connectivity index (χ1n) is 10.2. The van der Waals surface area contributed by atoms with Gasteiger partial charge in [-0.2, -0.15) is 0 Å². The highest BCUT2D eigenvalue weighted by molar-refractivity contribution is 6.00. The molecule has 2 fully saturated rings. The maximum atomic E-state index is 14.1. The maximum Gasteiger partial charge on any atom is 0.227 e. The number of morpholine rings is 1. The minimum absolute atomic E-state index is 0.0717. The molecule has 0 saturated carbocycles. The molecule has 0 radical (unpaired) electrons. The minimum Gasteiger partial charge on any atom is -0.465 e. The van der Waals surface area contributed by atoms with E-state index < -0.39 is 11.7 Å². The number of aryl methyl sites for hydroxylation is 1. The summed E-state index contributed by atoms with van der Waals surface area (Å²) in [5, 5.41) is 2.98. The van der Waals surface area contributed by atoms with E-state index in [9.17, 15) is 14.0 Å². The molecule has 2 atom stereocenters. The Hall–Kier alpha value is -2.71. The van der Waals surface area contributed by atoms with Crippen molar-refractivity contribution >= 4 is 17.5 Å². The molecule has 2 unspecified atom stereocenters. The number of nitrogens with one attached hydrogen (secondary N) is 1. The molecule has 1 N–H and O–H groups in total. The Kier molecular flexibility index (Phi) is 6.15. The lowest BCUT2D eigenvalue weighted by atomic mass is 10.1. The van der Waals surface area contributed by atoms with Crippen LogP contribution in [0.5, 0.6) is 0 Å². The quantitative estimate of drug-likeness (QED) is 0.784. The van der Waals surface area contributed by atoms with Crippen molar-refractivity contribution in [3.63, 3.8) is 0 Å². The standard InChI is InChI=1S/C22H26FN3O4/c1-15-6-7-20(30-15)19(25-8-10-29-11-9-25)13-24-22(28)16-12-21(27)26(14-16)18-5-3-2-4-17(18)23/h2-7,16,19H,8-14H2,1H3,(H,24,28). The number of amides is 2. The van der Waals surface area contributed by atoms with Gasteiger partial charge in [0.05, 0.1) is 30.9 Å². The molecule has 2 saturated heterocycles. The molecule has 4 rings (SSSR count). The number of furan rings is 1. The average Bonchev–Trinajstić information content (AvgIpc) is 3.35. The topological polar surface area (TPSA) is 75.0 Å². The van der Waals surface area contributed by atoms with Crippen LogP contribution in [-0.2, 0) is 14.3 Å². The zero-order chi connectivity index (χ0) is 21.1. The van der Waals surface area contributed by atoms with Gasteiger partial charge in [0.1, 0.15) is 17.3 Å². The van der Waals surface area contributed by atoms with Crippen molar-refractivity contribution in [2.24, 2.45) is 5.92 Å². The first kappa shape index (κ1) is 20.6. The van der Waals surface area contributed by atoms with Crippen LogP contribution < -0.4 is 10.2 Å². The number of para-hydroxylation sites is 1. The monoisotopic (exact) mass is 415 g/mol. The third kappa shape index (κ3) is 4.39. The maximum absolute atomic E-state index is 14.1. The summed E-state index contributed by atoms with van der Waals surface area (Å²) in [6.07, 6.45) is 0.0717. The molecule has 2 amide bonds. The molecule has 160 valence electrons. The average molecular weight is 415 g/mol. The number of nitrogens with zero attached hydrogens (tertiary/aromatic N) is 2. The van der Waals surface area contributed by atoms with Crippen molar-refractivity contribution in [2.75, 3.05) is 44.3 Å². The second-order valence-corrected chi connectivity index (χ2v) is 7.71. The van der Waals surface area contributed by atoms with Crippen LogP contribution in [0.2, 0.25) is 0 Å². The van der Waals surface area contributed by atoms with Gasteiger partial charge >= 0.3 is 0 Å². The molecule has 8 heteroatoms. The molecule has 3 heterocycles. The van der Waals surface area contributed by atoms with E-state index >= 15 is 0 Å². The summed E-state index contributed by atoms with van der Waals surface area (Å²) in [6, 6.07) is 9.86. The molecule has 0 spiro atoms. The number of halogens is 1. The van der Waals surface area contributed by atoms with E-state index in [1.54, 1.807) is 18.2 Å². The van der Waals surface area contributed by atoms with Crippen LogP contribution in [0.4, 0.5) is 10.1 Å². The summed E-state index contributed by atoms with van der Waals surface area (Å²) in [4.78, 5) is 28.8. The highest BCUT2D eigenvalue weighted by atomic mass is 19.1. The molecule has 0 bridgehead atoms. The van der Waals surface area contributed by atoms with Gasteiger partial charge in [0.2, 0.25) is 11.8 Å². The Morgan fingerprint density at radius 3 is 2.70 bits per heavy atom. The highest BCUT2D eigenvalue weighted by Crippen LogP contribution is 2.28. The van der Waals surface area contributed by atoms with E-state index in [0.29, 0.717) is 19.8 Å². The van der Waals surface area contributed by atoms with Gasteiger partial charge in [-0.1, -0.05) is 12.1 Å². The van der Waals surface area contributed by atoms with E-state index in [-0.39, 0.29) is 36.5 Å². The van der Waals surface area contributed by atoms with Crippen molar-refractivity contribution in [1.82, 2.24) is 10.2 Å². The molecule has 7 nitrogen and oxygen atoms in total. The fourth-order valence-electron chi connectivity index (χ4n) is 4.06. The third-order valence-corrected chi connectivity index (χ3v) is 5.68. The fourth-order valence-corrected chi connectivity index (χ4v) is 4.06. The highest BCUT2D eigenvalue weighted by Gasteiger charge is 2.36. The Morgan fingerprint density at radius 2 is 2.00 bits per heavy atom. The van der Waals surface area contributed by atoms with E-state index in [2.05, 4.69) is 10.2 Å². The predicted octanol–water partition coefficient (Wildman–Crippen LogP) is 2.27. The van der Waals surface area contributed by atoms with Gasteiger partial charge in [0, 0.05) is 32.6 Å². The van der Waals surface area contributed by atoms with Gasteiger partial charge in [0.25, 0.3) is 0 Å². The van der Waals surface area contributed by atoms with Crippen LogP contribution in [0, 0.1) is 18.7 Å². The van der Waals surface area contributed by atoms with Crippen molar-refractivity contribution in [2.45, 2.75) is 19.4 Å². The number of carbonyl (C=O) groups excluding carboxylic acids is 2. The summed E-state index contributed by atoms with van der Waals surface area (Å²) in [6.45, 7) is 5.22. The Balaban J connectivity index is 1.41. The Morgan fingerprint density at radius 1 is 1.23 bits per heavy atom. The minimum atomic E-state index is -0.513. The van der Waals surface area contributed by atoms with Crippen molar-refractivity contribution in [1.29, 1.82) is 0 Å². The molecular weight excluding hydrogens is 389 g/mol. The number of hydrogen-bond donors (Lipinski definition) is 1. The number of hydrogen-bond acceptors (Lipinski definition) is 5. The Labute approximate surface area is 174 Å². The van der Waals surface area contributed by atoms with E-state index in [1.165, 1.54) is 11.0 Å². The van der Waals surface area contributed by atoms with Crippen LogP contribution in [-0.4, -0.2) is 56.1 Å². The zero-order valence-corrected chi connectivity index (χ0v) is 17.0. The van der Waals surface area contributed by atoms with Gasteiger partial charge in [-0.05, 0) is 31.2 Å². The zero-order valence-electron chi connectivity index (χ0n) is 17.0. The number of ether oxygens (including phenoxy) is 1. The van der Waals surface area contributed by atoms with Crippen molar-refractivity contribution in [3.05, 3.63) is 53.7 Å². The van der Waals surface area contributed by atoms with E-state index in [0.717, 1.165) is 24.6 Å². The summed E-state index contributed by atoms with van der Waals surface area (Å²) >= 11 is 0. The number of anilines is 1. The smallest absolute Gasteiger partial charge is 0.227 e. The SMILES string of the molecule is Cc1ccc(C(CNC(=O)C2CC(=O)N(c3ccccc3F)C2)N2CCOCC2)o1. The number of benzene rings is 1. The number of carbonyl (C=O) groups is 2. The van der Waals surface area contributed by atoms with Gasteiger partial charge < -0.3 is 19.4 Å². The van der Waals surface area contributed by atoms with Crippen LogP contribution in [0.25, 0.3) is 0 Å². The lowest BCUT2D eigenvalue weighted by molar-refractivity contribution is -0.126. The second kappa shape index (κ2) is 8.97. The van der Waals surface area contributed by atoms with Gasteiger partial charge in [0.15, 0.2) is 0 Å². The normalized spacial score (nSPS) is 21.1. The molecule has 2 aliphatic rings. The summed E-state index contributed by atoms with van der Waals surface area (Å²) in [5.41, 5.74) is 0.218. The van der Waals surface area contributed by atoms with Gasteiger partial charge in [-0.3, -0.25) is 14.5 Å². The van der Waals surface area contributed by atoms with E-state index in [1.807, 2.05) is 19.1 Å². The molecule has 0 aliphatic carbocycles. The third-order valence-electron chi connectivity index (χ3n) is 5.68. The fraction of sp³-hybridized carbons (Fsp3) is 0.455. The summed E-state index contributed by atoms with van der Waals surface area (Å²) < 4.78 is 25.3. The largest absolute Gasteiger partial charge is 0.465 e. The van der Waals surface area contributed by atoms with Crippen LogP contribution >= 0.6 is 0 Å². The van der Waals surface area contributed by atoms with E-state index in [4.69, 9.17) is 9.15 Å². The lowest BCUT2D eigenvalue weighted by Crippen LogP contribution is -2.44. The van der Waals surface area contributed by atoms with Crippen molar-refractivity contribution < 1.29 is 23.1 Å². The molecule has 2 aromatic rings. The second-order valence-electron chi connectivity index (χ2n) is 7.71. The predicted molar refractivity (Wildman–Crippen MR) is 108 cm³/mol. The first-order chi connectivity index (χ1) is 14.5. The molecule has 30 heavy (non-hydrogen) atoms. The van der Waals surface area contributed by atoms with Gasteiger partial charge in [-0.15, -0.1) is 0 Å². The molecular formula is C22H26FN3O4.